The maximum atomic E-state index is 11.6. The molecule has 1 aliphatic carbocycles. The van der Waals surface area contributed by atoms with Crippen LogP contribution in [-0.2, 0) is 11.8 Å². The fraction of sp³-hybridized carbons (Fsp3) is 0.355. The quantitative estimate of drug-likeness (QED) is 0.423. The lowest BCUT2D eigenvalue weighted by Gasteiger charge is -2.30. The van der Waals surface area contributed by atoms with Crippen molar-refractivity contribution in [2.45, 2.75) is 45.6 Å². The molecule has 39 heavy (non-hydrogen) atoms. The predicted molar refractivity (Wildman–Crippen MR) is 150 cm³/mol. The Morgan fingerprint density at radius 3 is 2.79 bits per heavy atom. The van der Waals surface area contributed by atoms with Crippen LogP contribution in [0.1, 0.15) is 45.4 Å². The molecule has 1 unspecified atom stereocenters. The highest BCUT2D eigenvalue weighted by Gasteiger charge is 2.30. The van der Waals surface area contributed by atoms with Crippen molar-refractivity contribution in [1.29, 1.82) is 0 Å². The minimum Gasteiger partial charge on any atom is -0.548 e. The second-order valence-electron chi connectivity index (χ2n) is 11.5. The molecule has 1 fully saturated rings. The van der Waals surface area contributed by atoms with E-state index in [0.717, 1.165) is 59.3 Å². The van der Waals surface area contributed by atoms with Gasteiger partial charge in [0.25, 0.3) is 5.52 Å². The Hall–Kier alpha value is -3.71. The molecular weight excluding hydrogens is 514 g/mol. The van der Waals surface area contributed by atoms with Gasteiger partial charge in [0.05, 0.1) is 23.8 Å². The zero-order valence-corrected chi connectivity index (χ0v) is 23.4. The van der Waals surface area contributed by atoms with Gasteiger partial charge in [-0.05, 0) is 72.6 Å². The maximum absolute atomic E-state index is 11.6. The Bertz CT molecular complexity index is 1580. The molecule has 202 valence electrons. The van der Waals surface area contributed by atoms with Crippen LogP contribution in [0.25, 0.3) is 17.2 Å². The molecule has 0 radical (unpaired) electrons. The number of ether oxygens (including phenoxy) is 1. The zero-order chi connectivity index (χ0) is 27.5. The van der Waals surface area contributed by atoms with Crippen LogP contribution in [0.4, 0.5) is 11.4 Å². The van der Waals surface area contributed by atoms with Crippen LogP contribution in [0, 0.1) is 5.41 Å². The normalized spacial score (nSPS) is 22.5. The van der Waals surface area contributed by atoms with Crippen molar-refractivity contribution in [3.05, 3.63) is 76.5 Å². The highest BCUT2D eigenvalue weighted by molar-refractivity contribution is 6.31. The predicted octanol–water partition coefficient (Wildman–Crippen LogP) is 5.13. The number of carboxylic acids is 1. The number of oxazole rings is 1. The smallest absolute Gasteiger partial charge is 0.374 e. The van der Waals surface area contributed by atoms with Crippen molar-refractivity contribution < 1.29 is 23.6 Å². The van der Waals surface area contributed by atoms with Crippen molar-refractivity contribution >= 4 is 46.1 Å². The van der Waals surface area contributed by atoms with Gasteiger partial charge in [-0.2, -0.15) is 4.57 Å². The summed E-state index contributed by atoms with van der Waals surface area (Å²) in [7, 11) is 3.96. The van der Waals surface area contributed by atoms with E-state index in [1.165, 1.54) is 11.1 Å². The summed E-state index contributed by atoms with van der Waals surface area (Å²) in [5.41, 5.74) is 5.92. The number of hydrogen-bond acceptors (Lipinski definition) is 6. The first kappa shape index (κ1) is 25.6. The van der Waals surface area contributed by atoms with E-state index in [1.54, 1.807) is 0 Å². The van der Waals surface area contributed by atoms with E-state index in [2.05, 4.69) is 32.1 Å². The van der Waals surface area contributed by atoms with Gasteiger partial charge in [-0.3, -0.25) is 0 Å². The van der Waals surface area contributed by atoms with E-state index < -0.39 is 12.0 Å². The first-order valence-electron chi connectivity index (χ1n) is 13.3. The fourth-order valence-electron chi connectivity index (χ4n) is 6.06. The standard InChI is InChI=1S/C31H32ClN3O4/c1-31(2)17-19(13-28-33(3)24-15-21(32)7-9-26(24)38-28)12-20(18-31)14-29-34(4)25-16-22(8-10-27(25)39-29)35-11-5-6-23(35)30(36)37/h7-10,12-16,23H,5-6,11,17-18H2,1-4H3. The molecule has 7 nitrogen and oxygen atoms in total. The first-order chi connectivity index (χ1) is 18.6. The van der Waals surface area contributed by atoms with Gasteiger partial charge >= 0.3 is 5.89 Å². The summed E-state index contributed by atoms with van der Waals surface area (Å²) in [5, 5.41) is 12.3. The minimum atomic E-state index is -1.02. The Kier molecular flexibility index (Phi) is 6.22. The fourth-order valence-corrected chi connectivity index (χ4v) is 6.22. The first-order valence-corrected chi connectivity index (χ1v) is 13.7. The molecule has 1 atom stereocenters. The number of aromatic nitrogens is 1. The average molecular weight is 546 g/mol. The van der Waals surface area contributed by atoms with E-state index in [4.69, 9.17) is 20.8 Å². The minimum absolute atomic E-state index is 0.0632. The van der Waals surface area contributed by atoms with Gasteiger partial charge in [-0.15, -0.1) is 0 Å². The molecule has 0 N–H and O–H groups in total. The monoisotopic (exact) mass is 545 g/mol. The number of carbonyl (C=O) groups is 1. The summed E-state index contributed by atoms with van der Waals surface area (Å²) in [6.07, 6.45) is 9.72. The third-order valence-corrected chi connectivity index (χ3v) is 8.12. The number of hydrogen-bond donors (Lipinski definition) is 0. The van der Waals surface area contributed by atoms with Crippen LogP contribution in [0.3, 0.4) is 0 Å². The molecule has 6 rings (SSSR count). The lowest BCUT2D eigenvalue weighted by Crippen LogP contribution is -2.44. The molecule has 8 heteroatoms. The second-order valence-corrected chi connectivity index (χ2v) is 12.0. The molecule has 3 heterocycles. The number of aliphatic carboxylic acids is 1. The summed E-state index contributed by atoms with van der Waals surface area (Å²) < 4.78 is 14.4. The Morgan fingerprint density at radius 2 is 2.00 bits per heavy atom. The van der Waals surface area contributed by atoms with Crippen LogP contribution in [-0.4, -0.2) is 25.6 Å². The van der Waals surface area contributed by atoms with E-state index in [1.807, 2.05) is 64.9 Å². The topological polar surface area (TPSA) is 72.9 Å². The van der Waals surface area contributed by atoms with Gasteiger partial charge in [0.1, 0.15) is 7.05 Å². The van der Waals surface area contributed by atoms with Crippen LogP contribution >= 0.6 is 11.6 Å². The number of fused-ring (bicyclic) bond motifs is 2. The summed E-state index contributed by atoms with van der Waals surface area (Å²) in [5.74, 6) is 1.29. The number of anilines is 2. The lowest BCUT2D eigenvalue weighted by molar-refractivity contribution is -0.652. The zero-order valence-electron chi connectivity index (χ0n) is 22.7. The van der Waals surface area contributed by atoms with Crippen molar-refractivity contribution in [2.75, 3.05) is 23.4 Å². The SMILES string of the molecule is CN1C(=CC2=CC(=Cc3oc4ccc(N5CCCC5C(=O)[O-])cc4[n+]3C)CC(C)(C)C2)Oc2ccc(Cl)cc21. The highest BCUT2D eigenvalue weighted by Crippen LogP contribution is 2.43. The van der Waals surface area contributed by atoms with Crippen LogP contribution in [0.5, 0.6) is 5.75 Å². The Balaban J connectivity index is 1.32. The van der Waals surface area contributed by atoms with E-state index in [0.29, 0.717) is 18.0 Å². The Labute approximate surface area is 233 Å². The lowest BCUT2D eigenvalue weighted by atomic mass is 9.75. The largest absolute Gasteiger partial charge is 0.548 e. The molecular formula is C31H32ClN3O4. The number of carboxylic acid groups (broad SMARTS) is 1. The number of benzene rings is 2. The average Bonchev–Trinajstić information content (AvgIpc) is 3.56. The molecule has 3 aliphatic rings. The maximum Gasteiger partial charge on any atom is 0.374 e. The van der Waals surface area contributed by atoms with Gasteiger partial charge in [0, 0.05) is 36.4 Å². The molecule has 0 saturated carbocycles. The third kappa shape index (κ3) is 4.80. The molecule has 2 aromatic carbocycles. The van der Waals surface area contributed by atoms with Gasteiger partial charge in [0.2, 0.25) is 11.5 Å². The van der Waals surface area contributed by atoms with Crippen LogP contribution < -0.4 is 24.2 Å². The molecule has 2 aliphatic heterocycles. The second kappa shape index (κ2) is 9.49. The van der Waals surface area contributed by atoms with Crippen LogP contribution in [0.15, 0.2) is 70.0 Å². The molecule has 0 spiro atoms. The van der Waals surface area contributed by atoms with E-state index in [-0.39, 0.29) is 5.41 Å². The third-order valence-electron chi connectivity index (χ3n) is 7.89. The molecule has 0 bridgehead atoms. The molecule has 1 aromatic heterocycles. The summed E-state index contributed by atoms with van der Waals surface area (Å²) in [6.45, 7) is 5.25. The van der Waals surface area contributed by atoms with Crippen molar-refractivity contribution in [1.82, 2.24) is 0 Å². The van der Waals surface area contributed by atoms with E-state index in [9.17, 15) is 9.90 Å². The Morgan fingerprint density at radius 1 is 1.18 bits per heavy atom. The van der Waals surface area contributed by atoms with Gasteiger partial charge < -0.3 is 28.9 Å². The van der Waals surface area contributed by atoms with Gasteiger partial charge in [-0.1, -0.05) is 31.5 Å². The van der Waals surface area contributed by atoms with Crippen LogP contribution in [0.2, 0.25) is 5.02 Å². The molecule has 1 saturated heterocycles. The number of nitrogens with zero attached hydrogens (tertiary/aromatic N) is 3. The molecule has 3 aromatic rings. The van der Waals surface area contributed by atoms with Crippen molar-refractivity contribution in [3.8, 4) is 5.75 Å². The number of rotatable bonds is 4. The van der Waals surface area contributed by atoms with Crippen molar-refractivity contribution in [3.63, 3.8) is 0 Å². The number of halogens is 1. The van der Waals surface area contributed by atoms with Crippen molar-refractivity contribution in [2.24, 2.45) is 12.5 Å². The highest BCUT2D eigenvalue weighted by atomic mass is 35.5. The van der Waals surface area contributed by atoms with Gasteiger partial charge in [-0.25, -0.2) is 0 Å². The number of allylic oxidation sites excluding steroid dienone is 4. The van der Waals surface area contributed by atoms with Gasteiger partial charge in [0.15, 0.2) is 5.75 Å². The summed E-state index contributed by atoms with van der Waals surface area (Å²) in [4.78, 5) is 15.5. The number of aryl methyl sites for hydroxylation is 1. The molecule has 0 amide bonds. The van der Waals surface area contributed by atoms with E-state index >= 15 is 0 Å². The number of carbonyl (C=O) groups excluding carboxylic acids is 1. The summed E-state index contributed by atoms with van der Waals surface area (Å²) in [6, 6.07) is 10.9. The summed E-state index contributed by atoms with van der Waals surface area (Å²) >= 11 is 6.20.